The standard InChI is InChI=1S/C20H21N5OS/c1-14-4-5-18-15(9-14)3-2-8-25(18)19(26)12-22-10-16-13-27-20(24-16)17-11-21-6-7-23-17/h4-7,9,11,13,22H,2-3,8,10,12H2,1H3. The Balaban J connectivity index is 1.35. The first-order valence-electron chi connectivity index (χ1n) is 9.02. The van der Waals surface area contributed by atoms with Crippen molar-refractivity contribution < 1.29 is 4.79 Å². The molecule has 1 N–H and O–H groups in total. The maximum Gasteiger partial charge on any atom is 0.240 e. The fourth-order valence-electron chi connectivity index (χ4n) is 3.29. The second kappa shape index (κ2) is 7.94. The minimum Gasteiger partial charge on any atom is -0.311 e. The van der Waals surface area contributed by atoms with Gasteiger partial charge in [-0.2, -0.15) is 0 Å². The van der Waals surface area contributed by atoms with Crippen molar-refractivity contribution >= 4 is 22.9 Å². The maximum atomic E-state index is 12.7. The predicted molar refractivity (Wildman–Crippen MR) is 107 cm³/mol. The highest BCUT2D eigenvalue weighted by Crippen LogP contribution is 2.28. The van der Waals surface area contributed by atoms with Crippen LogP contribution in [-0.4, -0.2) is 33.9 Å². The molecule has 0 unspecified atom stereocenters. The Hall–Kier alpha value is -2.64. The van der Waals surface area contributed by atoms with E-state index >= 15 is 0 Å². The van der Waals surface area contributed by atoms with Crippen LogP contribution in [-0.2, 0) is 17.8 Å². The Morgan fingerprint density at radius 1 is 1.33 bits per heavy atom. The van der Waals surface area contributed by atoms with Crippen molar-refractivity contribution in [1.29, 1.82) is 0 Å². The van der Waals surface area contributed by atoms with E-state index in [1.807, 2.05) is 10.3 Å². The quantitative estimate of drug-likeness (QED) is 0.738. The van der Waals surface area contributed by atoms with E-state index in [2.05, 4.69) is 45.4 Å². The average molecular weight is 379 g/mol. The van der Waals surface area contributed by atoms with E-state index in [1.165, 1.54) is 22.5 Å². The van der Waals surface area contributed by atoms with Gasteiger partial charge in [0, 0.05) is 36.6 Å². The van der Waals surface area contributed by atoms with Gasteiger partial charge in [0.1, 0.15) is 10.7 Å². The molecular formula is C20H21N5OS. The lowest BCUT2D eigenvalue weighted by Crippen LogP contribution is -2.41. The number of aromatic nitrogens is 3. The van der Waals surface area contributed by atoms with Gasteiger partial charge in [0.05, 0.1) is 18.4 Å². The van der Waals surface area contributed by atoms with E-state index in [9.17, 15) is 4.79 Å². The maximum absolute atomic E-state index is 12.7. The molecule has 0 saturated carbocycles. The van der Waals surface area contributed by atoms with E-state index in [-0.39, 0.29) is 5.91 Å². The third kappa shape index (κ3) is 4.04. The first-order valence-corrected chi connectivity index (χ1v) is 9.90. The Kier molecular flexibility index (Phi) is 5.22. The predicted octanol–water partition coefficient (Wildman–Crippen LogP) is 2.98. The third-order valence-corrected chi connectivity index (χ3v) is 5.48. The van der Waals surface area contributed by atoms with Crippen molar-refractivity contribution in [2.24, 2.45) is 0 Å². The largest absolute Gasteiger partial charge is 0.311 e. The molecule has 0 spiro atoms. The number of nitrogens with one attached hydrogen (secondary N) is 1. The van der Waals surface area contributed by atoms with Crippen LogP contribution in [0.5, 0.6) is 0 Å². The summed E-state index contributed by atoms with van der Waals surface area (Å²) in [7, 11) is 0. The van der Waals surface area contributed by atoms with Gasteiger partial charge in [-0.15, -0.1) is 11.3 Å². The lowest BCUT2D eigenvalue weighted by Gasteiger charge is -2.30. The van der Waals surface area contributed by atoms with Crippen LogP contribution < -0.4 is 10.2 Å². The zero-order chi connectivity index (χ0) is 18.6. The number of rotatable bonds is 5. The Bertz CT molecular complexity index is 941. The van der Waals surface area contributed by atoms with Gasteiger partial charge in [-0.25, -0.2) is 4.98 Å². The lowest BCUT2D eigenvalue weighted by atomic mass is 9.99. The van der Waals surface area contributed by atoms with E-state index in [0.29, 0.717) is 13.1 Å². The van der Waals surface area contributed by atoms with Gasteiger partial charge in [-0.05, 0) is 31.4 Å². The number of nitrogens with zero attached hydrogens (tertiary/aromatic N) is 4. The van der Waals surface area contributed by atoms with Crippen molar-refractivity contribution in [3.63, 3.8) is 0 Å². The van der Waals surface area contributed by atoms with Crippen LogP contribution in [0.4, 0.5) is 5.69 Å². The first-order chi connectivity index (χ1) is 13.2. The summed E-state index contributed by atoms with van der Waals surface area (Å²) >= 11 is 1.53. The Morgan fingerprint density at radius 3 is 3.11 bits per heavy atom. The van der Waals surface area contributed by atoms with E-state index in [1.54, 1.807) is 18.6 Å². The molecule has 1 aromatic carbocycles. The number of hydrogen-bond donors (Lipinski definition) is 1. The molecule has 4 rings (SSSR count). The molecular weight excluding hydrogens is 358 g/mol. The fraction of sp³-hybridized carbons (Fsp3) is 0.300. The molecule has 138 valence electrons. The van der Waals surface area contributed by atoms with Crippen LogP contribution in [0, 0.1) is 6.92 Å². The fourth-order valence-corrected chi connectivity index (χ4v) is 4.07. The highest BCUT2D eigenvalue weighted by atomic mass is 32.1. The van der Waals surface area contributed by atoms with E-state index in [4.69, 9.17) is 0 Å². The molecule has 0 saturated heterocycles. The molecule has 2 aromatic heterocycles. The molecule has 0 bridgehead atoms. The SMILES string of the molecule is Cc1ccc2c(c1)CCCN2C(=O)CNCc1csc(-c2cnccn2)n1. The van der Waals surface area contributed by atoms with Crippen molar-refractivity contribution in [2.45, 2.75) is 26.3 Å². The van der Waals surface area contributed by atoms with Crippen LogP contribution in [0.2, 0.25) is 0 Å². The zero-order valence-electron chi connectivity index (χ0n) is 15.2. The number of anilines is 1. The number of amides is 1. The summed E-state index contributed by atoms with van der Waals surface area (Å²) in [6.07, 6.45) is 7.06. The van der Waals surface area contributed by atoms with Gasteiger partial charge >= 0.3 is 0 Å². The van der Waals surface area contributed by atoms with Crippen molar-refractivity contribution in [3.8, 4) is 10.7 Å². The molecule has 0 atom stereocenters. The van der Waals surface area contributed by atoms with Crippen LogP contribution in [0.3, 0.4) is 0 Å². The average Bonchev–Trinajstić information content (AvgIpc) is 3.17. The molecule has 3 aromatic rings. The molecule has 0 aliphatic carbocycles. The minimum atomic E-state index is 0.101. The number of hydrogen-bond acceptors (Lipinski definition) is 6. The monoisotopic (exact) mass is 379 g/mol. The number of benzene rings is 1. The van der Waals surface area contributed by atoms with Crippen LogP contribution in [0.25, 0.3) is 10.7 Å². The smallest absolute Gasteiger partial charge is 0.240 e. The summed E-state index contributed by atoms with van der Waals surface area (Å²) in [5.41, 5.74) is 5.23. The molecule has 3 heterocycles. The number of thiazole rings is 1. The first kappa shape index (κ1) is 17.8. The van der Waals surface area contributed by atoms with Crippen molar-refractivity contribution in [2.75, 3.05) is 18.0 Å². The zero-order valence-corrected chi connectivity index (χ0v) is 16.0. The Morgan fingerprint density at radius 2 is 2.26 bits per heavy atom. The number of fused-ring (bicyclic) bond motifs is 1. The number of carbonyl (C=O) groups is 1. The molecule has 1 aliphatic heterocycles. The molecule has 0 fully saturated rings. The molecule has 1 aliphatic rings. The van der Waals surface area contributed by atoms with Crippen LogP contribution in [0.1, 0.15) is 23.2 Å². The van der Waals surface area contributed by atoms with Crippen molar-refractivity contribution in [3.05, 3.63) is 59.0 Å². The Labute approximate surface area is 162 Å². The van der Waals surface area contributed by atoms with E-state index < -0.39 is 0 Å². The summed E-state index contributed by atoms with van der Waals surface area (Å²) in [4.78, 5) is 27.5. The summed E-state index contributed by atoms with van der Waals surface area (Å²) in [6, 6.07) is 6.32. The second-order valence-electron chi connectivity index (χ2n) is 6.62. The molecule has 1 amide bonds. The summed E-state index contributed by atoms with van der Waals surface area (Å²) < 4.78 is 0. The van der Waals surface area contributed by atoms with Gasteiger partial charge in [0.15, 0.2) is 0 Å². The number of aryl methyl sites for hydroxylation is 2. The van der Waals surface area contributed by atoms with Gasteiger partial charge in [-0.1, -0.05) is 17.7 Å². The topological polar surface area (TPSA) is 71.0 Å². The minimum absolute atomic E-state index is 0.101. The summed E-state index contributed by atoms with van der Waals surface area (Å²) in [6.45, 7) is 3.72. The molecule has 7 heteroatoms. The van der Waals surface area contributed by atoms with Gasteiger partial charge in [-0.3, -0.25) is 14.8 Å². The second-order valence-corrected chi connectivity index (χ2v) is 7.48. The van der Waals surface area contributed by atoms with Gasteiger partial charge in [0.2, 0.25) is 5.91 Å². The normalized spacial score (nSPS) is 13.4. The third-order valence-electron chi connectivity index (χ3n) is 4.57. The van der Waals surface area contributed by atoms with Gasteiger partial charge in [0.25, 0.3) is 0 Å². The summed E-state index contributed by atoms with van der Waals surface area (Å²) in [5, 5.41) is 6.05. The highest BCUT2D eigenvalue weighted by molar-refractivity contribution is 7.13. The van der Waals surface area contributed by atoms with Crippen LogP contribution >= 0.6 is 11.3 Å². The molecule has 27 heavy (non-hydrogen) atoms. The number of carbonyl (C=O) groups excluding carboxylic acids is 1. The highest BCUT2D eigenvalue weighted by Gasteiger charge is 2.22. The summed E-state index contributed by atoms with van der Waals surface area (Å²) in [5.74, 6) is 0.101. The van der Waals surface area contributed by atoms with E-state index in [0.717, 1.165) is 41.5 Å². The molecule has 6 nitrogen and oxygen atoms in total. The van der Waals surface area contributed by atoms with Gasteiger partial charge < -0.3 is 10.2 Å². The molecule has 0 radical (unpaired) electrons. The van der Waals surface area contributed by atoms with Crippen molar-refractivity contribution in [1.82, 2.24) is 20.3 Å². The lowest BCUT2D eigenvalue weighted by molar-refractivity contribution is -0.117. The van der Waals surface area contributed by atoms with Crippen LogP contribution in [0.15, 0.2) is 42.2 Å².